The lowest BCUT2D eigenvalue weighted by molar-refractivity contribution is 0.0986. The van der Waals surface area contributed by atoms with Crippen LogP contribution >= 0.6 is 0 Å². The van der Waals surface area contributed by atoms with Crippen molar-refractivity contribution in [1.29, 1.82) is 0 Å². The van der Waals surface area contributed by atoms with Crippen LogP contribution in [0.3, 0.4) is 0 Å². The predicted octanol–water partition coefficient (Wildman–Crippen LogP) is 14.8. The van der Waals surface area contributed by atoms with E-state index in [0.717, 1.165) is 89.4 Å². The highest BCUT2D eigenvalue weighted by Crippen LogP contribution is 2.44. The lowest BCUT2D eigenvalue weighted by atomic mass is 9.90. The first-order valence-electron chi connectivity index (χ1n) is 21.3. The second-order valence-electron chi connectivity index (χ2n) is 16.3. The van der Waals surface area contributed by atoms with Crippen molar-refractivity contribution in [3.05, 3.63) is 229 Å². The summed E-state index contributed by atoms with van der Waals surface area (Å²) < 4.78 is 2.16. The molecule has 10 aromatic rings. The number of hydrogen-bond acceptors (Lipinski definition) is 2. The first-order chi connectivity index (χ1) is 30.9. The van der Waals surface area contributed by atoms with E-state index >= 15 is 4.79 Å². The van der Waals surface area contributed by atoms with Gasteiger partial charge in [0.05, 0.1) is 28.0 Å². The van der Waals surface area contributed by atoms with Gasteiger partial charge in [0.1, 0.15) is 0 Å². The van der Waals surface area contributed by atoms with E-state index in [-0.39, 0.29) is 5.91 Å². The smallest absolute Gasteiger partial charge is 0.260 e. The Morgan fingerprint density at radius 3 is 1.33 bits per heavy atom. The molecule has 4 heteroatoms. The molecule has 0 N–H and O–H groups in total. The number of aryl methyl sites for hydroxylation is 2. The van der Waals surface area contributed by atoms with Crippen molar-refractivity contribution < 1.29 is 9.59 Å². The SMILES string of the molecule is Cc1ccc(-c2ccc3c(c2)c2cc(-c4ccc(C)cc4)ccc2n3-c2cccc(C=O)c2C(=O)N(C)c2c(-c3ccccc3)cc(-c3ccccc3)cc2-c2ccccc2)cc1. The molecule has 0 atom stereocenters. The van der Waals surface area contributed by atoms with Gasteiger partial charge in [0, 0.05) is 34.5 Å². The summed E-state index contributed by atoms with van der Waals surface area (Å²) in [6.07, 6.45) is 0.804. The van der Waals surface area contributed by atoms with Crippen molar-refractivity contribution in [3.8, 4) is 61.3 Å². The summed E-state index contributed by atoms with van der Waals surface area (Å²) in [6, 6.07) is 71.0. The number of benzene rings is 9. The van der Waals surface area contributed by atoms with E-state index < -0.39 is 0 Å². The molecule has 0 fully saturated rings. The molecule has 0 saturated carbocycles. The fourth-order valence-corrected chi connectivity index (χ4v) is 8.95. The Bertz CT molecular complexity index is 3150. The third kappa shape index (κ3) is 7.22. The van der Waals surface area contributed by atoms with Gasteiger partial charge in [0.15, 0.2) is 6.29 Å². The number of nitrogens with zero attached hydrogens (tertiary/aromatic N) is 2. The van der Waals surface area contributed by atoms with Gasteiger partial charge < -0.3 is 9.47 Å². The number of rotatable bonds is 9. The largest absolute Gasteiger partial charge is 0.310 e. The first kappa shape index (κ1) is 39.1. The maximum absolute atomic E-state index is 15.7. The molecule has 10 rings (SSSR count). The number of anilines is 1. The molecule has 1 amide bonds. The molecule has 0 unspecified atom stereocenters. The van der Waals surface area contributed by atoms with Crippen LogP contribution in [0.5, 0.6) is 0 Å². The van der Waals surface area contributed by atoms with Crippen LogP contribution in [0.25, 0.3) is 83.1 Å². The third-order valence-corrected chi connectivity index (χ3v) is 12.2. The number of amides is 1. The Morgan fingerprint density at radius 2 is 0.873 bits per heavy atom. The monoisotopic (exact) mass is 812 g/mol. The normalized spacial score (nSPS) is 11.2. The molecule has 0 aliphatic heterocycles. The Hall–Kier alpha value is -8.08. The highest BCUT2D eigenvalue weighted by Gasteiger charge is 2.28. The molecule has 302 valence electrons. The minimum atomic E-state index is -0.294. The molecule has 1 aromatic heterocycles. The van der Waals surface area contributed by atoms with Crippen LogP contribution in [0.2, 0.25) is 0 Å². The van der Waals surface area contributed by atoms with Crippen molar-refractivity contribution in [1.82, 2.24) is 4.57 Å². The van der Waals surface area contributed by atoms with Crippen LogP contribution in [0.15, 0.2) is 206 Å². The number of aldehydes is 1. The Labute approximate surface area is 368 Å². The standard InChI is InChI=1S/C59H44N2O2/c1-39-22-26-42(27-23-39)46-30-32-54-52(34-46)53-35-47(43-28-24-40(2)25-29-43)31-33-55(53)61(54)56-21-13-20-48(38-62)57(56)59(63)60(3)58-50(44-16-9-5-10-17-44)36-49(41-14-7-4-8-15-41)37-51(58)45-18-11-6-12-19-45/h4-38H,1-3H3. The summed E-state index contributed by atoms with van der Waals surface area (Å²) in [5.41, 5.74) is 16.6. The molecular weight excluding hydrogens is 769 g/mol. The molecule has 0 aliphatic rings. The molecule has 63 heavy (non-hydrogen) atoms. The Morgan fingerprint density at radius 1 is 0.444 bits per heavy atom. The molecule has 0 aliphatic carbocycles. The quantitative estimate of drug-likeness (QED) is 0.136. The number of fused-ring (bicyclic) bond motifs is 3. The van der Waals surface area contributed by atoms with E-state index in [0.29, 0.717) is 16.8 Å². The number of carbonyl (C=O) groups is 2. The fraction of sp³-hybridized carbons (Fsp3) is 0.0508. The van der Waals surface area contributed by atoms with Crippen LogP contribution in [0, 0.1) is 13.8 Å². The second kappa shape index (κ2) is 16.4. The van der Waals surface area contributed by atoms with E-state index in [1.54, 1.807) is 11.0 Å². The van der Waals surface area contributed by atoms with Crippen LogP contribution in [0.4, 0.5) is 5.69 Å². The summed E-state index contributed by atoms with van der Waals surface area (Å²) in [5.74, 6) is -0.294. The maximum Gasteiger partial charge on any atom is 0.260 e. The van der Waals surface area contributed by atoms with Crippen LogP contribution in [-0.2, 0) is 0 Å². The predicted molar refractivity (Wildman–Crippen MR) is 262 cm³/mol. The molecular formula is C59H44N2O2. The van der Waals surface area contributed by atoms with Gasteiger partial charge >= 0.3 is 0 Å². The van der Waals surface area contributed by atoms with E-state index in [4.69, 9.17) is 0 Å². The third-order valence-electron chi connectivity index (χ3n) is 12.2. The van der Waals surface area contributed by atoms with Crippen LogP contribution < -0.4 is 4.90 Å². The summed E-state index contributed by atoms with van der Waals surface area (Å²) in [6.45, 7) is 4.20. The minimum absolute atomic E-state index is 0.294. The molecule has 0 spiro atoms. The molecule has 0 saturated heterocycles. The average molecular weight is 813 g/mol. The van der Waals surface area contributed by atoms with Gasteiger partial charge in [0.2, 0.25) is 0 Å². The highest BCUT2D eigenvalue weighted by atomic mass is 16.2. The zero-order valence-electron chi connectivity index (χ0n) is 35.4. The summed E-state index contributed by atoms with van der Waals surface area (Å²) in [7, 11) is 1.83. The summed E-state index contributed by atoms with van der Waals surface area (Å²) in [5, 5.41) is 2.10. The second-order valence-corrected chi connectivity index (χ2v) is 16.3. The van der Waals surface area contributed by atoms with Gasteiger partial charge in [0.25, 0.3) is 5.91 Å². The highest BCUT2D eigenvalue weighted by molar-refractivity contribution is 6.18. The maximum atomic E-state index is 15.7. The lowest BCUT2D eigenvalue weighted by Gasteiger charge is -2.27. The fourth-order valence-electron chi connectivity index (χ4n) is 8.95. The van der Waals surface area contributed by atoms with Gasteiger partial charge in [-0.05, 0) is 101 Å². The number of aromatic nitrogens is 1. The summed E-state index contributed by atoms with van der Waals surface area (Å²) in [4.78, 5) is 30.7. The van der Waals surface area contributed by atoms with Crippen LogP contribution in [0.1, 0.15) is 31.8 Å². The van der Waals surface area contributed by atoms with Crippen molar-refractivity contribution in [2.24, 2.45) is 0 Å². The van der Waals surface area contributed by atoms with Gasteiger partial charge in [-0.2, -0.15) is 0 Å². The zero-order chi connectivity index (χ0) is 43.0. The van der Waals surface area contributed by atoms with Crippen molar-refractivity contribution >= 4 is 39.7 Å². The first-order valence-corrected chi connectivity index (χ1v) is 21.3. The van der Waals surface area contributed by atoms with Gasteiger partial charge in [-0.25, -0.2) is 0 Å². The molecule has 0 radical (unpaired) electrons. The Kier molecular flexibility index (Phi) is 10.2. The number of hydrogen-bond donors (Lipinski definition) is 0. The Balaban J connectivity index is 1.21. The van der Waals surface area contributed by atoms with Gasteiger partial charge in [-0.1, -0.05) is 175 Å². The van der Waals surface area contributed by atoms with Crippen molar-refractivity contribution in [3.63, 3.8) is 0 Å². The minimum Gasteiger partial charge on any atom is -0.310 e. The molecule has 0 bridgehead atoms. The van der Waals surface area contributed by atoms with E-state index in [1.165, 1.54) is 11.1 Å². The number of carbonyl (C=O) groups excluding carboxylic acids is 2. The van der Waals surface area contributed by atoms with E-state index in [1.807, 2.05) is 73.8 Å². The molecule has 4 nitrogen and oxygen atoms in total. The molecule has 9 aromatic carbocycles. The zero-order valence-corrected chi connectivity index (χ0v) is 35.4. The van der Waals surface area contributed by atoms with E-state index in [9.17, 15) is 4.79 Å². The molecule has 1 heterocycles. The van der Waals surface area contributed by atoms with Gasteiger partial charge in [-0.3, -0.25) is 9.59 Å². The van der Waals surface area contributed by atoms with Gasteiger partial charge in [-0.15, -0.1) is 0 Å². The van der Waals surface area contributed by atoms with Crippen LogP contribution in [-0.4, -0.2) is 23.8 Å². The topological polar surface area (TPSA) is 42.3 Å². The average Bonchev–Trinajstić information content (AvgIpc) is 3.67. The van der Waals surface area contributed by atoms with Crippen molar-refractivity contribution in [2.75, 3.05) is 11.9 Å². The summed E-state index contributed by atoms with van der Waals surface area (Å²) >= 11 is 0. The van der Waals surface area contributed by atoms with Crippen molar-refractivity contribution in [2.45, 2.75) is 13.8 Å². The lowest BCUT2D eigenvalue weighted by Crippen LogP contribution is -2.29. The van der Waals surface area contributed by atoms with E-state index in [2.05, 4.69) is 152 Å².